The molecular formula is C22H19NO3S. The molecule has 0 aliphatic carbocycles. The normalized spacial score (nSPS) is 10.9. The Balaban J connectivity index is 1.46. The van der Waals surface area contributed by atoms with Crippen LogP contribution in [0.4, 0.5) is 0 Å². The summed E-state index contributed by atoms with van der Waals surface area (Å²) >= 11 is 1.44. The van der Waals surface area contributed by atoms with Crippen LogP contribution in [-0.4, -0.2) is 17.6 Å². The van der Waals surface area contributed by atoms with Gasteiger partial charge in [0.2, 0.25) is 0 Å². The number of aromatic nitrogens is 1. The van der Waals surface area contributed by atoms with Crippen molar-refractivity contribution < 1.29 is 14.3 Å². The molecule has 2 heterocycles. The molecule has 136 valence electrons. The average Bonchev–Trinajstić information content (AvgIpc) is 3.27. The number of esters is 1. The predicted molar refractivity (Wildman–Crippen MR) is 108 cm³/mol. The number of H-pyrrole nitrogens is 1. The molecule has 0 radical (unpaired) electrons. The third-order valence-electron chi connectivity index (χ3n) is 4.20. The number of benzene rings is 2. The smallest absolute Gasteiger partial charge is 0.348 e. The van der Waals surface area contributed by atoms with Crippen molar-refractivity contribution in [3.8, 4) is 17.0 Å². The van der Waals surface area contributed by atoms with E-state index in [2.05, 4.69) is 11.1 Å². The summed E-state index contributed by atoms with van der Waals surface area (Å²) < 4.78 is 11.9. The van der Waals surface area contributed by atoms with Gasteiger partial charge in [-0.15, -0.1) is 11.3 Å². The number of carbonyl (C=O) groups is 1. The fraction of sp³-hybridized carbons (Fsp3) is 0.136. The lowest BCUT2D eigenvalue weighted by Crippen LogP contribution is -2.01. The van der Waals surface area contributed by atoms with Crippen LogP contribution in [0.2, 0.25) is 0 Å². The van der Waals surface area contributed by atoms with Gasteiger partial charge in [-0.3, -0.25) is 0 Å². The van der Waals surface area contributed by atoms with Crippen molar-refractivity contribution in [2.24, 2.45) is 0 Å². The van der Waals surface area contributed by atoms with Crippen molar-refractivity contribution in [2.45, 2.75) is 13.5 Å². The van der Waals surface area contributed by atoms with Crippen LogP contribution in [0.25, 0.3) is 21.5 Å². The van der Waals surface area contributed by atoms with Gasteiger partial charge < -0.3 is 14.5 Å². The summed E-state index contributed by atoms with van der Waals surface area (Å²) in [6, 6.07) is 22.0. The van der Waals surface area contributed by atoms with E-state index in [1.165, 1.54) is 11.3 Å². The van der Waals surface area contributed by atoms with Crippen molar-refractivity contribution in [1.82, 2.24) is 4.98 Å². The van der Waals surface area contributed by atoms with Gasteiger partial charge in [-0.2, -0.15) is 0 Å². The Labute approximate surface area is 161 Å². The van der Waals surface area contributed by atoms with E-state index in [0.717, 1.165) is 32.8 Å². The molecule has 0 aliphatic rings. The van der Waals surface area contributed by atoms with Crippen molar-refractivity contribution >= 4 is 27.5 Å². The Kier molecular flexibility index (Phi) is 4.94. The number of carbonyl (C=O) groups excluding carboxylic acids is 1. The SMILES string of the molecule is CCOC(=O)c1cc2[nH]c(-c3ccc(OCc4ccccc4)cc3)cc2s1. The zero-order valence-corrected chi connectivity index (χ0v) is 15.7. The lowest BCUT2D eigenvalue weighted by Gasteiger charge is -2.07. The molecule has 27 heavy (non-hydrogen) atoms. The van der Waals surface area contributed by atoms with Crippen LogP contribution in [0.3, 0.4) is 0 Å². The first kappa shape index (κ1) is 17.4. The maximum atomic E-state index is 11.8. The van der Waals surface area contributed by atoms with Gasteiger partial charge in [0, 0.05) is 5.69 Å². The molecule has 0 amide bonds. The van der Waals surface area contributed by atoms with E-state index in [0.29, 0.717) is 18.1 Å². The van der Waals surface area contributed by atoms with E-state index in [1.807, 2.05) is 67.6 Å². The molecule has 0 unspecified atom stereocenters. The minimum atomic E-state index is -0.270. The average molecular weight is 377 g/mol. The van der Waals surface area contributed by atoms with E-state index >= 15 is 0 Å². The molecule has 0 saturated heterocycles. The summed E-state index contributed by atoms with van der Waals surface area (Å²) in [5.74, 6) is 0.564. The van der Waals surface area contributed by atoms with E-state index < -0.39 is 0 Å². The molecular weight excluding hydrogens is 358 g/mol. The van der Waals surface area contributed by atoms with Gasteiger partial charge >= 0.3 is 5.97 Å². The summed E-state index contributed by atoms with van der Waals surface area (Å²) in [6.45, 7) is 2.74. The van der Waals surface area contributed by atoms with Crippen LogP contribution in [-0.2, 0) is 11.3 Å². The fourth-order valence-electron chi connectivity index (χ4n) is 2.85. The third kappa shape index (κ3) is 3.88. The second-order valence-electron chi connectivity index (χ2n) is 6.09. The summed E-state index contributed by atoms with van der Waals surface area (Å²) in [5.41, 5.74) is 4.18. The molecule has 0 bridgehead atoms. The molecule has 0 atom stereocenters. The Morgan fingerprint density at radius 1 is 1.04 bits per heavy atom. The van der Waals surface area contributed by atoms with Gasteiger partial charge in [-0.05, 0) is 54.4 Å². The zero-order valence-electron chi connectivity index (χ0n) is 14.9. The Morgan fingerprint density at radius 3 is 2.52 bits per heavy atom. The van der Waals surface area contributed by atoms with E-state index in [-0.39, 0.29) is 5.97 Å². The topological polar surface area (TPSA) is 51.3 Å². The minimum absolute atomic E-state index is 0.270. The van der Waals surface area contributed by atoms with E-state index in [4.69, 9.17) is 9.47 Å². The first-order chi connectivity index (χ1) is 13.2. The molecule has 2 aromatic heterocycles. The molecule has 0 spiro atoms. The van der Waals surface area contributed by atoms with Crippen molar-refractivity contribution in [2.75, 3.05) is 6.61 Å². The van der Waals surface area contributed by atoms with Gasteiger partial charge in [0.05, 0.1) is 16.8 Å². The molecule has 2 aromatic carbocycles. The molecule has 4 aromatic rings. The molecule has 1 N–H and O–H groups in total. The number of hydrogen-bond acceptors (Lipinski definition) is 4. The first-order valence-corrected chi connectivity index (χ1v) is 9.61. The number of hydrogen-bond donors (Lipinski definition) is 1. The van der Waals surface area contributed by atoms with Gasteiger partial charge in [-0.25, -0.2) is 4.79 Å². The summed E-state index contributed by atoms with van der Waals surface area (Å²) in [7, 11) is 0. The fourth-order valence-corrected chi connectivity index (χ4v) is 3.80. The second kappa shape index (κ2) is 7.68. The molecule has 0 saturated carbocycles. The maximum absolute atomic E-state index is 11.8. The summed E-state index contributed by atoms with van der Waals surface area (Å²) in [6.07, 6.45) is 0. The highest BCUT2D eigenvalue weighted by Crippen LogP contribution is 2.31. The molecule has 5 heteroatoms. The largest absolute Gasteiger partial charge is 0.489 e. The van der Waals surface area contributed by atoms with Crippen LogP contribution in [0.15, 0.2) is 66.7 Å². The Hall–Kier alpha value is -3.05. The van der Waals surface area contributed by atoms with Crippen LogP contribution in [0.1, 0.15) is 22.2 Å². The van der Waals surface area contributed by atoms with Crippen molar-refractivity contribution in [1.29, 1.82) is 0 Å². The first-order valence-electron chi connectivity index (χ1n) is 8.80. The number of ether oxygens (including phenoxy) is 2. The molecule has 0 fully saturated rings. The number of rotatable bonds is 6. The number of aromatic amines is 1. The van der Waals surface area contributed by atoms with Crippen LogP contribution >= 0.6 is 11.3 Å². The van der Waals surface area contributed by atoms with Crippen molar-refractivity contribution in [3.05, 3.63) is 77.2 Å². The Bertz CT molecular complexity index is 1020. The van der Waals surface area contributed by atoms with Gasteiger partial charge in [0.25, 0.3) is 0 Å². The van der Waals surface area contributed by atoms with E-state index in [1.54, 1.807) is 0 Å². The molecule has 4 nitrogen and oxygen atoms in total. The van der Waals surface area contributed by atoms with Gasteiger partial charge in [-0.1, -0.05) is 30.3 Å². The highest BCUT2D eigenvalue weighted by Gasteiger charge is 2.13. The van der Waals surface area contributed by atoms with Crippen LogP contribution < -0.4 is 4.74 Å². The third-order valence-corrected chi connectivity index (χ3v) is 5.26. The molecule has 0 aliphatic heterocycles. The number of fused-ring (bicyclic) bond motifs is 1. The predicted octanol–water partition coefficient (Wildman–Crippen LogP) is 5.65. The highest BCUT2D eigenvalue weighted by atomic mass is 32.1. The lowest BCUT2D eigenvalue weighted by atomic mass is 10.1. The Morgan fingerprint density at radius 2 is 1.81 bits per heavy atom. The minimum Gasteiger partial charge on any atom is -0.489 e. The monoisotopic (exact) mass is 377 g/mol. The van der Waals surface area contributed by atoms with Gasteiger partial charge in [0.1, 0.15) is 17.2 Å². The number of thiophene rings is 1. The quantitative estimate of drug-likeness (QED) is 0.442. The van der Waals surface area contributed by atoms with Crippen LogP contribution in [0, 0.1) is 0 Å². The zero-order chi connectivity index (χ0) is 18.6. The maximum Gasteiger partial charge on any atom is 0.348 e. The summed E-state index contributed by atoms with van der Waals surface area (Å²) in [4.78, 5) is 15.8. The van der Waals surface area contributed by atoms with Crippen LogP contribution in [0.5, 0.6) is 5.75 Å². The lowest BCUT2D eigenvalue weighted by molar-refractivity contribution is 0.0532. The van der Waals surface area contributed by atoms with Gasteiger partial charge in [0.15, 0.2) is 0 Å². The van der Waals surface area contributed by atoms with E-state index in [9.17, 15) is 4.79 Å². The highest BCUT2D eigenvalue weighted by molar-refractivity contribution is 7.20. The second-order valence-corrected chi connectivity index (χ2v) is 7.17. The van der Waals surface area contributed by atoms with Crippen molar-refractivity contribution in [3.63, 3.8) is 0 Å². The number of nitrogens with one attached hydrogen (secondary N) is 1. The summed E-state index contributed by atoms with van der Waals surface area (Å²) in [5, 5.41) is 0. The molecule has 4 rings (SSSR count). The standard InChI is InChI=1S/C22H19NO3S/c1-2-25-22(24)21-13-19-20(27-21)12-18(23-19)16-8-10-17(11-9-16)26-14-15-6-4-3-5-7-15/h3-13,23H,2,14H2,1H3.